The number of nitrogens with zero attached hydrogens (tertiary/aromatic N) is 2. The molecule has 12 N–H and O–H groups in total. The van der Waals surface area contributed by atoms with Gasteiger partial charge in [0, 0.05) is 85.1 Å². The lowest BCUT2D eigenvalue weighted by Gasteiger charge is -2.36. The summed E-state index contributed by atoms with van der Waals surface area (Å²) in [6, 6.07) is 4.34. The average molecular weight is 1310 g/mol. The van der Waals surface area contributed by atoms with Crippen LogP contribution in [-0.2, 0) is 82.5 Å². The maximum Gasteiger partial charge on any atom is 0.355 e. The van der Waals surface area contributed by atoms with Crippen LogP contribution in [-0.4, -0.2) is 175 Å². The first-order valence-corrected chi connectivity index (χ1v) is 31.8. The van der Waals surface area contributed by atoms with Crippen molar-refractivity contribution in [2.45, 2.75) is 222 Å². The number of aliphatic hydroxyl groups is 4. The van der Waals surface area contributed by atoms with Crippen molar-refractivity contribution in [3.63, 3.8) is 0 Å². The molecule has 2 unspecified atom stereocenters. The zero-order valence-electron chi connectivity index (χ0n) is 56.5. The summed E-state index contributed by atoms with van der Waals surface area (Å²) < 4.78 is 19.1. The standard InChI is InChI=1S/C66H99N9O18/c1-16-37-38-31-36(76)20-21-42(38)73-48-39(37)34-75-44(48)32-41-40(58(75)88)35-91-60(90)66(41,17-2)93-47(79)19-18-25-67-46(78)33-43(72-45(77)22-23-65(14,15)92-30-24-64(12,13)59(89)62(6,7)8)54(84)68-26-27-69-55(85)51(82)49(80)50(81)52(83)56(86)70-28-29-71-57(87)53(61(3,4)5)74-63(9,10)11/h20-21,31-32,43,49-53,74,76,80-83H,16-19,22-30,33-35H2,1-15H3,(H,67,78)(H,68,84)(H,69,85)(H,70,86)(H,71,87)(H,72,77)/t43?,49-,50+,51+,52-,53?,66-/m0/s1. The van der Waals surface area contributed by atoms with Gasteiger partial charge in [-0.2, -0.15) is 0 Å². The molecule has 0 spiro atoms. The number of ketones is 1. The van der Waals surface area contributed by atoms with Crippen LogP contribution >= 0.6 is 0 Å². The number of cyclic esters (lactones) is 1. The van der Waals surface area contributed by atoms with Crippen molar-refractivity contribution in [2.75, 3.05) is 39.3 Å². The predicted octanol–water partition coefficient (Wildman–Crippen LogP) is 1.99. The average Bonchev–Trinajstić information content (AvgIpc) is 1.64. The summed E-state index contributed by atoms with van der Waals surface area (Å²) in [5.41, 5.74) is -1.95. The summed E-state index contributed by atoms with van der Waals surface area (Å²) in [7, 11) is 0. The monoisotopic (exact) mass is 1310 g/mol. The van der Waals surface area contributed by atoms with Crippen molar-refractivity contribution in [3.8, 4) is 17.1 Å². The Kier molecular flexibility index (Phi) is 25.6. The minimum Gasteiger partial charge on any atom is -0.508 e. The number of carbonyl (C=O) groups is 9. The lowest BCUT2D eigenvalue weighted by atomic mass is 9.73. The van der Waals surface area contributed by atoms with Crippen molar-refractivity contribution in [1.29, 1.82) is 0 Å². The molecule has 27 nitrogen and oxygen atoms in total. The Bertz CT molecular complexity index is 3320. The van der Waals surface area contributed by atoms with E-state index in [-0.39, 0.29) is 107 Å². The molecule has 3 aromatic rings. The number of hydrogen-bond acceptors (Lipinski definition) is 20. The topological polar surface area (TPSA) is 402 Å². The third kappa shape index (κ3) is 19.8. The summed E-state index contributed by atoms with van der Waals surface area (Å²) >= 11 is 0. The SMILES string of the molecule is CCc1c2c(nc3ccc(O)cc13)-c1cc3c(c(=O)n1C2)COC(=O)[C@@]3(CC)OC(=O)CCCNC(=O)CC(NC(=O)CCC(C)(C)OCCC(C)(C)C(=O)C(C)(C)C)C(=O)NCCNC(=O)[C@H](O)[C@@H](O)[C@@H](O)[C@H](O)C(=O)NCCNC(=O)C(NC(C)(C)C)C(C)(C)C. The summed E-state index contributed by atoms with van der Waals surface area (Å²) in [6.45, 7) is 26.5. The highest BCUT2D eigenvalue weighted by atomic mass is 16.6. The number of ether oxygens (including phenoxy) is 3. The van der Waals surface area contributed by atoms with Crippen LogP contribution in [0.1, 0.15) is 171 Å². The van der Waals surface area contributed by atoms with Gasteiger partial charge in [-0.25, -0.2) is 9.78 Å². The summed E-state index contributed by atoms with van der Waals surface area (Å²) in [5, 5.41) is 71.4. The molecule has 2 aliphatic heterocycles. The molecule has 516 valence electrons. The number of aryl methyl sites for hydroxylation is 1. The third-order valence-corrected chi connectivity index (χ3v) is 16.5. The van der Waals surface area contributed by atoms with E-state index in [9.17, 15) is 73.5 Å². The maximum absolute atomic E-state index is 14.2. The van der Waals surface area contributed by atoms with Crippen LogP contribution in [0.3, 0.4) is 0 Å². The van der Waals surface area contributed by atoms with Crippen LogP contribution in [0.5, 0.6) is 5.75 Å². The van der Waals surface area contributed by atoms with Gasteiger partial charge in [0.25, 0.3) is 17.4 Å². The number of aliphatic hydroxyl groups excluding tert-OH is 4. The Balaban J connectivity index is 1.18. The number of phenolic OH excluding ortho intramolecular Hbond substituents is 1. The molecule has 2 aromatic heterocycles. The predicted molar refractivity (Wildman–Crippen MR) is 343 cm³/mol. The molecule has 93 heavy (non-hydrogen) atoms. The van der Waals surface area contributed by atoms with Gasteiger partial charge >= 0.3 is 11.9 Å². The molecular formula is C66H99N9O18. The second-order valence-electron chi connectivity index (χ2n) is 28.3. The maximum atomic E-state index is 14.2. The zero-order chi connectivity index (χ0) is 69.9. The van der Waals surface area contributed by atoms with Gasteiger partial charge in [-0.15, -0.1) is 0 Å². The largest absolute Gasteiger partial charge is 0.508 e. The van der Waals surface area contributed by atoms with E-state index in [0.29, 0.717) is 29.7 Å². The number of pyridine rings is 2. The molecule has 0 radical (unpaired) electrons. The zero-order valence-corrected chi connectivity index (χ0v) is 56.5. The van der Waals surface area contributed by atoms with Gasteiger partial charge in [-0.3, -0.25) is 43.2 Å². The molecule has 0 saturated heterocycles. The van der Waals surface area contributed by atoms with Gasteiger partial charge in [-0.05, 0) is 102 Å². The van der Waals surface area contributed by atoms with E-state index in [4.69, 9.17) is 19.2 Å². The smallest absolute Gasteiger partial charge is 0.355 e. The number of rotatable bonds is 32. The van der Waals surface area contributed by atoms with Crippen LogP contribution < -0.4 is 42.8 Å². The second kappa shape index (κ2) is 31.2. The summed E-state index contributed by atoms with van der Waals surface area (Å²) in [5.74, 6) is -6.66. The number of Topliss-reactive ketones (excluding diaryl/α,β-unsaturated/α-hetero) is 1. The van der Waals surface area contributed by atoms with Crippen LogP contribution in [0.15, 0.2) is 29.1 Å². The van der Waals surface area contributed by atoms with Gasteiger partial charge < -0.3 is 81.5 Å². The van der Waals surface area contributed by atoms with E-state index in [2.05, 4.69) is 37.2 Å². The van der Waals surface area contributed by atoms with Crippen molar-refractivity contribution in [2.24, 2.45) is 16.2 Å². The lowest BCUT2D eigenvalue weighted by molar-refractivity contribution is -0.189. The van der Waals surface area contributed by atoms with Crippen molar-refractivity contribution in [3.05, 3.63) is 56.9 Å². The number of hydrogen-bond donors (Lipinski definition) is 12. The highest BCUT2D eigenvalue weighted by molar-refractivity contribution is 5.93. The van der Waals surface area contributed by atoms with E-state index in [1.165, 1.54) is 10.6 Å². The molecule has 27 heteroatoms. The first kappa shape index (κ1) is 76.3. The molecule has 6 amide bonds. The Hall–Kier alpha value is -7.43. The van der Waals surface area contributed by atoms with Crippen molar-refractivity contribution >= 4 is 64.1 Å². The molecule has 0 bridgehead atoms. The molecule has 4 heterocycles. The quantitative estimate of drug-likeness (QED) is 0.0246. The number of phenols is 1. The number of aromatic nitrogens is 2. The van der Waals surface area contributed by atoms with E-state index in [0.717, 1.165) is 16.5 Å². The molecule has 0 aliphatic carbocycles. The first-order valence-electron chi connectivity index (χ1n) is 31.8. The molecule has 1 aromatic carbocycles. The highest BCUT2D eigenvalue weighted by Gasteiger charge is 2.51. The first-order chi connectivity index (χ1) is 43.1. The fourth-order valence-electron chi connectivity index (χ4n) is 11.3. The van der Waals surface area contributed by atoms with Gasteiger partial charge in [0.15, 0.2) is 12.2 Å². The molecule has 0 fully saturated rings. The van der Waals surface area contributed by atoms with E-state index >= 15 is 0 Å². The van der Waals surface area contributed by atoms with Crippen molar-refractivity contribution < 1.29 is 82.9 Å². The molecular weight excluding hydrogens is 1210 g/mol. The van der Waals surface area contributed by atoms with Gasteiger partial charge in [0.2, 0.25) is 29.2 Å². The third-order valence-electron chi connectivity index (χ3n) is 16.5. The number of amides is 6. The number of aromatic hydroxyl groups is 1. The lowest BCUT2D eigenvalue weighted by Crippen LogP contribution is -2.58. The molecule has 2 aliphatic rings. The number of esters is 2. The minimum absolute atomic E-state index is 0.0300. The number of nitrogens with one attached hydrogen (secondary N) is 7. The van der Waals surface area contributed by atoms with Crippen molar-refractivity contribution in [1.82, 2.24) is 46.8 Å². The van der Waals surface area contributed by atoms with Crippen LogP contribution in [0, 0.1) is 16.2 Å². The Labute approximate surface area is 543 Å². The number of carbonyl (C=O) groups excluding carboxylic acids is 9. The fourth-order valence-corrected chi connectivity index (χ4v) is 11.3. The second-order valence-corrected chi connectivity index (χ2v) is 28.3. The fraction of sp³-hybridized carbons (Fsp3) is 0.652. The van der Waals surface area contributed by atoms with Crippen LogP contribution in [0.2, 0.25) is 0 Å². The van der Waals surface area contributed by atoms with E-state index in [1.54, 1.807) is 39.0 Å². The number of fused-ring (bicyclic) bond motifs is 5. The normalized spacial score (nSPS) is 16.8. The highest BCUT2D eigenvalue weighted by Crippen LogP contribution is 2.43. The van der Waals surface area contributed by atoms with E-state index < -0.39 is 129 Å². The summed E-state index contributed by atoms with van der Waals surface area (Å²) in [4.78, 5) is 139. The Morgan fingerprint density at radius 3 is 1.84 bits per heavy atom. The number of benzene rings is 1. The van der Waals surface area contributed by atoms with Crippen LogP contribution in [0.4, 0.5) is 0 Å². The van der Waals surface area contributed by atoms with Gasteiger partial charge in [0.1, 0.15) is 36.4 Å². The Morgan fingerprint density at radius 1 is 0.710 bits per heavy atom. The molecule has 5 rings (SSSR count). The Morgan fingerprint density at radius 2 is 1.29 bits per heavy atom. The molecule has 0 saturated carbocycles. The van der Waals surface area contributed by atoms with Gasteiger partial charge in [0.05, 0.1) is 47.1 Å². The summed E-state index contributed by atoms with van der Waals surface area (Å²) in [6.07, 6.45) is -9.59. The van der Waals surface area contributed by atoms with E-state index in [1.807, 2.05) is 83.1 Å². The van der Waals surface area contributed by atoms with Gasteiger partial charge in [-0.1, -0.05) is 69.2 Å². The minimum atomic E-state index is -2.39. The molecule has 7 atom stereocenters. The van der Waals surface area contributed by atoms with Crippen LogP contribution in [0.25, 0.3) is 22.3 Å².